The van der Waals surface area contributed by atoms with Crippen LogP contribution in [0.25, 0.3) is 0 Å². The van der Waals surface area contributed by atoms with Gasteiger partial charge in [-0.25, -0.2) is 0 Å². The van der Waals surface area contributed by atoms with Crippen molar-refractivity contribution < 1.29 is 4.79 Å². The van der Waals surface area contributed by atoms with Gasteiger partial charge in [0.2, 0.25) is 23.8 Å². The summed E-state index contributed by atoms with van der Waals surface area (Å²) in [6.45, 7) is 0. The molecule has 0 spiro atoms. The molecule has 7 nitrogen and oxygen atoms in total. The molecule has 0 saturated heterocycles. The molecule has 0 aliphatic heterocycles. The third-order valence-electron chi connectivity index (χ3n) is 1.24. The maximum atomic E-state index is 11.1. The highest BCUT2D eigenvalue weighted by Gasteiger charge is 2.05. The third kappa shape index (κ3) is 3.02. The van der Waals surface area contributed by atoms with Crippen molar-refractivity contribution in [3.05, 3.63) is 0 Å². The number of carbonyl (C=O) groups excluding carboxylic acids is 1. The number of hydrogen-bond acceptors (Lipinski definition) is 6. The summed E-state index contributed by atoms with van der Waals surface area (Å²) in [4.78, 5) is 21.9. The van der Waals surface area contributed by atoms with Crippen LogP contribution < -0.4 is 16.8 Å². The number of aromatic nitrogens is 3. The molecular weight excluding hydrogens is 208 g/mol. The van der Waals surface area contributed by atoms with Gasteiger partial charge >= 0.3 is 0 Å². The van der Waals surface area contributed by atoms with E-state index in [1.54, 1.807) is 0 Å². The quantitative estimate of drug-likeness (QED) is 0.592. The Labute approximate surface area is 84.9 Å². The number of anilines is 3. The molecule has 0 saturated carbocycles. The smallest absolute Gasteiger partial charge is 0.236 e. The molecular formula is C6H9ClN6O. The number of nitrogens with zero attached hydrogens (tertiary/aromatic N) is 3. The monoisotopic (exact) mass is 216 g/mol. The minimum Gasteiger partial charge on any atom is -0.368 e. The van der Waals surface area contributed by atoms with Gasteiger partial charge in [-0.1, -0.05) is 0 Å². The molecule has 14 heavy (non-hydrogen) atoms. The number of rotatable bonds is 3. The first-order valence-corrected chi connectivity index (χ1v) is 4.28. The van der Waals surface area contributed by atoms with Gasteiger partial charge in [-0.15, -0.1) is 11.6 Å². The summed E-state index contributed by atoms with van der Waals surface area (Å²) in [5.74, 6) is -0.130. The van der Waals surface area contributed by atoms with Crippen molar-refractivity contribution in [2.45, 2.75) is 6.42 Å². The minimum atomic E-state index is -0.301. The predicted molar refractivity (Wildman–Crippen MR) is 52.6 cm³/mol. The molecule has 0 radical (unpaired) electrons. The van der Waals surface area contributed by atoms with Crippen LogP contribution in [0.15, 0.2) is 0 Å². The van der Waals surface area contributed by atoms with E-state index in [0.717, 1.165) is 0 Å². The summed E-state index contributed by atoms with van der Waals surface area (Å²) in [5, 5.41) is 2.38. The van der Waals surface area contributed by atoms with Crippen molar-refractivity contribution in [1.29, 1.82) is 0 Å². The van der Waals surface area contributed by atoms with E-state index in [1.165, 1.54) is 0 Å². The van der Waals surface area contributed by atoms with E-state index in [1.807, 2.05) is 0 Å². The Morgan fingerprint density at radius 1 is 1.29 bits per heavy atom. The first-order valence-electron chi connectivity index (χ1n) is 3.74. The van der Waals surface area contributed by atoms with E-state index in [4.69, 9.17) is 23.1 Å². The average Bonchev–Trinajstić information content (AvgIpc) is 2.01. The van der Waals surface area contributed by atoms with E-state index in [-0.39, 0.29) is 36.1 Å². The van der Waals surface area contributed by atoms with Crippen molar-refractivity contribution >= 4 is 35.4 Å². The molecule has 1 aromatic rings. The lowest BCUT2D eigenvalue weighted by molar-refractivity contribution is -0.115. The molecule has 0 aliphatic rings. The zero-order valence-corrected chi connectivity index (χ0v) is 7.95. The van der Waals surface area contributed by atoms with Gasteiger partial charge in [0.25, 0.3) is 0 Å². The maximum absolute atomic E-state index is 11.1. The molecule has 1 rings (SSSR count). The molecule has 0 atom stereocenters. The molecule has 1 aromatic heterocycles. The molecule has 1 heterocycles. The Hall–Kier alpha value is -1.63. The molecule has 76 valence electrons. The van der Waals surface area contributed by atoms with E-state index in [9.17, 15) is 4.79 Å². The molecule has 1 amide bonds. The molecule has 0 fully saturated rings. The maximum Gasteiger partial charge on any atom is 0.236 e. The number of nitrogens with one attached hydrogen (secondary N) is 1. The summed E-state index contributed by atoms with van der Waals surface area (Å²) in [7, 11) is 0. The van der Waals surface area contributed by atoms with Crippen molar-refractivity contribution in [2.75, 3.05) is 22.7 Å². The van der Waals surface area contributed by atoms with E-state index in [0.29, 0.717) is 0 Å². The van der Waals surface area contributed by atoms with E-state index >= 15 is 0 Å². The van der Waals surface area contributed by atoms with Crippen LogP contribution in [0, 0.1) is 0 Å². The van der Waals surface area contributed by atoms with Crippen LogP contribution >= 0.6 is 11.6 Å². The second-order valence-corrected chi connectivity index (χ2v) is 2.74. The lowest BCUT2D eigenvalue weighted by atomic mass is 10.4. The van der Waals surface area contributed by atoms with Gasteiger partial charge in [0.05, 0.1) is 0 Å². The van der Waals surface area contributed by atoms with E-state index in [2.05, 4.69) is 20.3 Å². The average molecular weight is 217 g/mol. The van der Waals surface area contributed by atoms with Gasteiger partial charge in [0.15, 0.2) is 0 Å². The van der Waals surface area contributed by atoms with Crippen LogP contribution in [0.5, 0.6) is 0 Å². The molecule has 0 aliphatic carbocycles. The fourth-order valence-electron chi connectivity index (χ4n) is 0.738. The first-order chi connectivity index (χ1) is 6.61. The summed E-state index contributed by atoms with van der Waals surface area (Å²) < 4.78 is 0. The topological polar surface area (TPSA) is 120 Å². The van der Waals surface area contributed by atoms with Crippen molar-refractivity contribution in [2.24, 2.45) is 0 Å². The van der Waals surface area contributed by atoms with Crippen LogP contribution in [0.1, 0.15) is 6.42 Å². The molecule has 5 N–H and O–H groups in total. The highest BCUT2D eigenvalue weighted by Crippen LogP contribution is 2.03. The van der Waals surface area contributed by atoms with Crippen LogP contribution in [0.2, 0.25) is 0 Å². The van der Waals surface area contributed by atoms with E-state index < -0.39 is 0 Å². The highest BCUT2D eigenvalue weighted by atomic mass is 35.5. The van der Waals surface area contributed by atoms with Crippen LogP contribution in [-0.4, -0.2) is 26.7 Å². The largest absolute Gasteiger partial charge is 0.368 e. The third-order valence-corrected chi connectivity index (χ3v) is 1.43. The molecule has 8 heteroatoms. The van der Waals surface area contributed by atoms with Gasteiger partial charge in [0.1, 0.15) is 0 Å². The van der Waals surface area contributed by atoms with Crippen LogP contribution in [-0.2, 0) is 4.79 Å². The van der Waals surface area contributed by atoms with Crippen LogP contribution in [0.4, 0.5) is 17.8 Å². The predicted octanol–water partition coefficient (Wildman–Crippen LogP) is -0.397. The SMILES string of the molecule is Nc1nc(N)nc(NC(=O)CCCl)n1. The Bertz CT molecular complexity index is 323. The molecule has 0 bridgehead atoms. The Morgan fingerprint density at radius 2 is 1.86 bits per heavy atom. The first kappa shape index (κ1) is 10.5. The van der Waals surface area contributed by atoms with Crippen molar-refractivity contribution in [3.63, 3.8) is 0 Å². The summed E-state index contributed by atoms with van der Waals surface area (Å²) >= 11 is 5.36. The van der Waals surface area contributed by atoms with Crippen molar-refractivity contribution in [3.8, 4) is 0 Å². The van der Waals surface area contributed by atoms with Gasteiger partial charge < -0.3 is 11.5 Å². The standard InChI is InChI=1S/C6H9ClN6O/c7-2-1-3(14)10-6-12-4(8)11-5(9)13-6/h1-2H2,(H5,8,9,10,11,12,13,14). The lowest BCUT2D eigenvalue weighted by Gasteiger charge is -2.02. The zero-order chi connectivity index (χ0) is 10.6. The molecule has 0 unspecified atom stereocenters. The summed E-state index contributed by atoms with van der Waals surface area (Å²) in [6, 6.07) is 0. The summed E-state index contributed by atoms with van der Waals surface area (Å²) in [6.07, 6.45) is 0.174. The van der Waals surface area contributed by atoms with Crippen molar-refractivity contribution in [1.82, 2.24) is 15.0 Å². The highest BCUT2D eigenvalue weighted by molar-refractivity contribution is 6.19. The number of nitrogen functional groups attached to an aromatic ring is 2. The minimum absolute atomic E-state index is 0.0325. The Kier molecular flexibility index (Phi) is 3.41. The summed E-state index contributed by atoms with van der Waals surface area (Å²) in [5.41, 5.74) is 10.6. The number of halogens is 1. The number of amides is 1. The number of hydrogen-bond donors (Lipinski definition) is 3. The normalized spacial score (nSPS) is 9.79. The number of alkyl halides is 1. The lowest BCUT2D eigenvalue weighted by Crippen LogP contribution is -2.16. The van der Waals surface area contributed by atoms with Gasteiger partial charge in [-0.3, -0.25) is 10.1 Å². The Morgan fingerprint density at radius 3 is 2.36 bits per heavy atom. The zero-order valence-electron chi connectivity index (χ0n) is 7.20. The van der Waals surface area contributed by atoms with Gasteiger partial charge in [-0.05, 0) is 0 Å². The molecule has 0 aromatic carbocycles. The number of carbonyl (C=O) groups is 1. The fourth-order valence-corrected chi connectivity index (χ4v) is 0.910. The van der Waals surface area contributed by atoms with Gasteiger partial charge in [-0.2, -0.15) is 15.0 Å². The number of nitrogens with two attached hydrogens (primary N) is 2. The second-order valence-electron chi connectivity index (χ2n) is 2.36. The second kappa shape index (κ2) is 4.56. The van der Waals surface area contributed by atoms with Gasteiger partial charge in [0, 0.05) is 12.3 Å². The van der Waals surface area contributed by atoms with Crippen LogP contribution in [0.3, 0.4) is 0 Å². The fraction of sp³-hybridized carbons (Fsp3) is 0.333. The Balaban J connectivity index is 2.71.